The molecule has 0 spiro atoms. The summed E-state index contributed by atoms with van der Waals surface area (Å²) in [7, 11) is -6.32. The molecular weight excluding hydrogens is 427 g/mol. The molecule has 1 saturated heterocycles. The second-order valence-electron chi connectivity index (χ2n) is 7.73. The first kappa shape index (κ1) is 24.0. The fourth-order valence-corrected chi connectivity index (χ4v) is 3.93. The molecule has 0 aromatic heterocycles. The lowest BCUT2D eigenvalue weighted by atomic mass is 9.78. The Balaban J connectivity index is 2.49. The number of rotatable bonds is 4. The second kappa shape index (κ2) is 7.14. The molecule has 0 radical (unpaired) electrons. The SMILES string of the molecule is C[C@H](NS(=O)(=O)c1ccc(B2OC(C)(C)C(C)(C)O2)cc1C(F)(F)F)C(F)(F)F. The van der Waals surface area contributed by atoms with Crippen molar-refractivity contribution in [1.82, 2.24) is 4.72 Å². The molecule has 1 aromatic rings. The van der Waals surface area contributed by atoms with Crippen LogP contribution < -0.4 is 10.2 Å². The Morgan fingerprint density at radius 2 is 1.48 bits per heavy atom. The minimum Gasteiger partial charge on any atom is -0.399 e. The Labute approximate surface area is 164 Å². The summed E-state index contributed by atoms with van der Waals surface area (Å²) in [4.78, 5) is -1.32. The molecular formula is C16H20BF6NO4S. The summed E-state index contributed by atoms with van der Waals surface area (Å²) in [6, 6.07) is -0.454. The van der Waals surface area contributed by atoms with E-state index in [1.54, 1.807) is 27.7 Å². The topological polar surface area (TPSA) is 64.6 Å². The highest BCUT2D eigenvalue weighted by Crippen LogP contribution is 2.38. The van der Waals surface area contributed by atoms with Crippen molar-refractivity contribution < 1.29 is 44.1 Å². The van der Waals surface area contributed by atoms with Crippen LogP contribution in [0.25, 0.3) is 0 Å². The predicted molar refractivity (Wildman–Crippen MR) is 93.0 cm³/mol. The fraction of sp³-hybridized carbons (Fsp3) is 0.625. The van der Waals surface area contributed by atoms with Gasteiger partial charge >= 0.3 is 19.5 Å². The van der Waals surface area contributed by atoms with Gasteiger partial charge in [-0.15, -0.1) is 0 Å². The van der Waals surface area contributed by atoms with Gasteiger partial charge in [-0.2, -0.15) is 31.1 Å². The standard InChI is InChI=1S/C16H20BF6NO4S/c1-9(15(18,19)20)24-29(25,26)12-7-6-10(8-11(12)16(21,22)23)17-27-13(2,3)14(4,5)28-17/h6-9,24H,1-5H3/t9-/m0/s1. The van der Waals surface area contributed by atoms with Gasteiger partial charge < -0.3 is 9.31 Å². The molecule has 0 amide bonds. The Morgan fingerprint density at radius 1 is 1.00 bits per heavy atom. The molecule has 1 N–H and O–H groups in total. The van der Waals surface area contributed by atoms with Crippen LogP contribution in [0.15, 0.2) is 23.1 Å². The summed E-state index contributed by atoms with van der Waals surface area (Å²) >= 11 is 0. The number of hydrogen-bond donors (Lipinski definition) is 1. The van der Waals surface area contributed by atoms with Gasteiger partial charge in [0, 0.05) is 0 Å². The molecule has 0 unspecified atom stereocenters. The first-order valence-corrected chi connectivity index (χ1v) is 9.92. The van der Waals surface area contributed by atoms with Crippen LogP contribution in [0.1, 0.15) is 40.2 Å². The van der Waals surface area contributed by atoms with Gasteiger partial charge in [-0.25, -0.2) is 8.42 Å². The average Bonchev–Trinajstić information content (AvgIpc) is 2.72. The van der Waals surface area contributed by atoms with Crippen LogP contribution >= 0.6 is 0 Å². The van der Waals surface area contributed by atoms with Crippen molar-refractivity contribution in [2.45, 2.75) is 69.1 Å². The van der Waals surface area contributed by atoms with Gasteiger partial charge in [0.1, 0.15) is 6.04 Å². The maximum absolute atomic E-state index is 13.5. The van der Waals surface area contributed by atoms with E-state index in [-0.39, 0.29) is 5.46 Å². The minimum atomic E-state index is -5.15. The molecule has 13 heteroatoms. The number of hydrogen-bond acceptors (Lipinski definition) is 4. The van der Waals surface area contributed by atoms with E-state index < -0.39 is 57.2 Å². The van der Waals surface area contributed by atoms with Gasteiger partial charge in [-0.05, 0) is 52.2 Å². The normalized spacial score (nSPS) is 20.7. The molecule has 164 valence electrons. The van der Waals surface area contributed by atoms with E-state index in [0.29, 0.717) is 19.1 Å². The van der Waals surface area contributed by atoms with E-state index in [1.807, 2.05) is 0 Å². The van der Waals surface area contributed by atoms with Crippen LogP contribution in [0.5, 0.6) is 0 Å². The van der Waals surface area contributed by atoms with Crippen LogP contribution in [0.3, 0.4) is 0 Å². The number of nitrogens with one attached hydrogen (secondary N) is 1. The Hall–Kier alpha value is -1.31. The molecule has 1 heterocycles. The molecule has 1 aliphatic rings. The van der Waals surface area contributed by atoms with Crippen LogP contribution in [-0.4, -0.2) is 39.0 Å². The van der Waals surface area contributed by atoms with Crippen LogP contribution in [0.4, 0.5) is 26.3 Å². The fourth-order valence-electron chi connectivity index (χ4n) is 2.49. The van der Waals surface area contributed by atoms with Gasteiger partial charge in [0.2, 0.25) is 10.0 Å². The zero-order valence-corrected chi connectivity index (χ0v) is 17.0. The minimum absolute atomic E-state index is 0.112. The predicted octanol–water partition coefficient (Wildman–Crippen LogP) is 3.23. The summed E-state index contributed by atoms with van der Waals surface area (Å²) in [5.74, 6) is 0. The first-order chi connectivity index (χ1) is 12.8. The zero-order valence-electron chi connectivity index (χ0n) is 16.2. The lowest BCUT2D eigenvalue weighted by molar-refractivity contribution is -0.147. The Morgan fingerprint density at radius 3 is 1.90 bits per heavy atom. The molecule has 5 nitrogen and oxygen atoms in total. The first-order valence-electron chi connectivity index (χ1n) is 8.44. The molecule has 0 saturated carbocycles. The lowest BCUT2D eigenvalue weighted by Gasteiger charge is -2.32. The third-order valence-corrected chi connectivity index (χ3v) is 6.55. The Kier molecular flexibility index (Phi) is 5.90. The van der Waals surface area contributed by atoms with Crippen molar-refractivity contribution in [2.75, 3.05) is 0 Å². The molecule has 1 atom stereocenters. The maximum atomic E-state index is 13.5. The van der Waals surface area contributed by atoms with Crippen LogP contribution in [0, 0.1) is 0 Å². The van der Waals surface area contributed by atoms with Crippen molar-refractivity contribution in [2.24, 2.45) is 0 Å². The number of benzene rings is 1. The van der Waals surface area contributed by atoms with E-state index in [2.05, 4.69) is 0 Å². The van der Waals surface area contributed by atoms with Crippen molar-refractivity contribution >= 4 is 22.6 Å². The van der Waals surface area contributed by atoms with E-state index in [4.69, 9.17) is 9.31 Å². The van der Waals surface area contributed by atoms with Crippen molar-refractivity contribution in [1.29, 1.82) is 0 Å². The summed E-state index contributed by atoms with van der Waals surface area (Å²) in [5.41, 5.74) is -3.44. The van der Waals surface area contributed by atoms with E-state index in [0.717, 1.165) is 6.07 Å². The molecule has 29 heavy (non-hydrogen) atoms. The smallest absolute Gasteiger partial charge is 0.399 e. The van der Waals surface area contributed by atoms with Crippen molar-refractivity contribution in [3.8, 4) is 0 Å². The largest absolute Gasteiger partial charge is 0.494 e. The number of sulfonamides is 1. The number of halogens is 6. The molecule has 0 bridgehead atoms. The molecule has 0 aliphatic carbocycles. The summed E-state index contributed by atoms with van der Waals surface area (Å²) in [6.07, 6.45) is -10.1. The Bertz CT molecular complexity index is 866. The summed E-state index contributed by atoms with van der Waals surface area (Å²) < 4.78 is 116. The third kappa shape index (κ3) is 4.89. The summed E-state index contributed by atoms with van der Waals surface area (Å²) in [6.45, 7) is 7.21. The van der Waals surface area contributed by atoms with Crippen LogP contribution in [0.2, 0.25) is 0 Å². The maximum Gasteiger partial charge on any atom is 0.494 e. The van der Waals surface area contributed by atoms with Crippen molar-refractivity contribution in [3.63, 3.8) is 0 Å². The van der Waals surface area contributed by atoms with Gasteiger partial charge in [0.15, 0.2) is 0 Å². The average molecular weight is 447 g/mol. The van der Waals surface area contributed by atoms with E-state index in [1.165, 1.54) is 4.72 Å². The molecule has 1 aromatic carbocycles. The number of alkyl halides is 6. The quantitative estimate of drug-likeness (QED) is 0.569. The highest BCUT2D eigenvalue weighted by Gasteiger charge is 2.52. The third-order valence-electron chi connectivity index (χ3n) is 4.95. The van der Waals surface area contributed by atoms with E-state index >= 15 is 0 Å². The highest BCUT2D eigenvalue weighted by atomic mass is 32.2. The summed E-state index contributed by atoms with van der Waals surface area (Å²) in [5, 5.41) is 0. The zero-order chi connectivity index (χ0) is 22.6. The van der Waals surface area contributed by atoms with Gasteiger partial charge in [-0.1, -0.05) is 6.07 Å². The van der Waals surface area contributed by atoms with Gasteiger partial charge in [0.25, 0.3) is 0 Å². The lowest BCUT2D eigenvalue weighted by Crippen LogP contribution is -2.43. The molecule has 1 aliphatic heterocycles. The second-order valence-corrected chi connectivity index (χ2v) is 9.41. The van der Waals surface area contributed by atoms with Gasteiger partial charge in [0.05, 0.1) is 21.7 Å². The monoisotopic (exact) mass is 447 g/mol. The van der Waals surface area contributed by atoms with Crippen molar-refractivity contribution in [3.05, 3.63) is 23.8 Å². The van der Waals surface area contributed by atoms with Crippen LogP contribution in [-0.2, 0) is 25.5 Å². The highest BCUT2D eigenvalue weighted by molar-refractivity contribution is 7.89. The van der Waals surface area contributed by atoms with Gasteiger partial charge in [-0.3, -0.25) is 0 Å². The van der Waals surface area contributed by atoms with E-state index in [9.17, 15) is 34.8 Å². The molecule has 2 rings (SSSR count). The molecule has 1 fully saturated rings.